The van der Waals surface area contributed by atoms with E-state index < -0.39 is 0 Å². The summed E-state index contributed by atoms with van der Waals surface area (Å²) in [4.78, 5) is 14.2. The molecule has 1 aromatic heterocycles. The summed E-state index contributed by atoms with van der Waals surface area (Å²) in [5.41, 5.74) is 2.76. The number of hydrogen-bond acceptors (Lipinski definition) is 3. The summed E-state index contributed by atoms with van der Waals surface area (Å²) in [6, 6.07) is 19.8. The first-order valence-corrected chi connectivity index (χ1v) is 8.55. The molecule has 0 aliphatic heterocycles. The minimum absolute atomic E-state index is 0.0149. The van der Waals surface area contributed by atoms with E-state index in [0.29, 0.717) is 5.82 Å². The summed E-state index contributed by atoms with van der Waals surface area (Å²) in [7, 11) is 1.72. The highest BCUT2D eigenvalue weighted by molar-refractivity contribution is 5.96. The Labute approximate surface area is 151 Å². The Morgan fingerprint density at radius 3 is 2.38 bits per heavy atom. The lowest BCUT2D eigenvalue weighted by molar-refractivity contribution is -0.119. The van der Waals surface area contributed by atoms with Crippen LogP contribution in [0.15, 0.2) is 66.7 Å². The summed E-state index contributed by atoms with van der Waals surface area (Å²) >= 11 is 0. The fourth-order valence-electron chi connectivity index (χ4n) is 3.17. The van der Waals surface area contributed by atoms with Crippen LogP contribution in [-0.2, 0) is 4.79 Å². The van der Waals surface area contributed by atoms with Crippen molar-refractivity contribution in [2.45, 2.75) is 12.3 Å². The zero-order chi connectivity index (χ0) is 18.1. The van der Waals surface area contributed by atoms with Crippen LogP contribution in [0.3, 0.4) is 0 Å². The molecule has 1 heterocycles. The molecule has 0 spiro atoms. The number of amides is 1. The van der Waals surface area contributed by atoms with Crippen LogP contribution in [0.2, 0.25) is 0 Å². The first-order chi connectivity index (χ1) is 12.6. The lowest BCUT2D eigenvalue weighted by atomic mass is 10.1. The van der Waals surface area contributed by atoms with Gasteiger partial charge in [-0.05, 0) is 42.2 Å². The van der Waals surface area contributed by atoms with E-state index in [2.05, 4.69) is 10.2 Å². The van der Waals surface area contributed by atoms with Crippen molar-refractivity contribution in [2.75, 3.05) is 11.9 Å². The molecule has 0 unspecified atom stereocenters. The van der Waals surface area contributed by atoms with Gasteiger partial charge in [-0.25, -0.2) is 4.39 Å². The van der Waals surface area contributed by atoms with E-state index in [9.17, 15) is 9.18 Å². The maximum atomic E-state index is 13.0. The van der Waals surface area contributed by atoms with Gasteiger partial charge in [-0.2, -0.15) is 0 Å². The smallest absolute Gasteiger partial charge is 0.231 e. The summed E-state index contributed by atoms with van der Waals surface area (Å²) in [5.74, 6) is 0.354. The van der Waals surface area contributed by atoms with Crippen molar-refractivity contribution < 1.29 is 9.18 Å². The van der Waals surface area contributed by atoms with Crippen molar-refractivity contribution in [1.82, 2.24) is 10.2 Å². The van der Waals surface area contributed by atoms with Crippen LogP contribution in [0.5, 0.6) is 0 Å². The highest BCUT2D eigenvalue weighted by Gasteiger charge is 2.45. The number of carbonyl (C=O) groups excluding carboxylic acids is 1. The second-order valence-corrected chi connectivity index (χ2v) is 6.54. The fraction of sp³-hybridized carbons (Fsp3) is 0.190. The summed E-state index contributed by atoms with van der Waals surface area (Å²) in [6.45, 7) is 0. The van der Waals surface area contributed by atoms with Crippen LogP contribution in [0.25, 0.3) is 11.3 Å². The lowest BCUT2D eigenvalue weighted by Crippen LogP contribution is -2.29. The first-order valence-electron chi connectivity index (χ1n) is 8.55. The van der Waals surface area contributed by atoms with Gasteiger partial charge in [0.1, 0.15) is 5.82 Å². The van der Waals surface area contributed by atoms with Crippen molar-refractivity contribution >= 4 is 11.7 Å². The standard InChI is InChI=1S/C21H18FN3O/c1-25(20-12-11-19(23-24-20)15-5-3-2-4-6-15)21(26)18-13-17(18)14-7-9-16(22)10-8-14/h2-12,17-18H,13H2,1H3/t17-,18-/m0/s1. The molecule has 1 fully saturated rings. The van der Waals surface area contributed by atoms with Gasteiger partial charge in [-0.15, -0.1) is 10.2 Å². The van der Waals surface area contributed by atoms with E-state index in [1.807, 2.05) is 42.5 Å². The molecule has 0 saturated heterocycles. The van der Waals surface area contributed by atoms with Crippen molar-refractivity contribution in [2.24, 2.45) is 5.92 Å². The van der Waals surface area contributed by atoms with Gasteiger partial charge in [0.05, 0.1) is 5.69 Å². The average molecular weight is 347 g/mol. The van der Waals surface area contributed by atoms with Crippen LogP contribution >= 0.6 is 0 Å². The lowest BCUT2D eigenvalue weighted by Gasteiger charge is -2.16. The largest absolute Gasteiger partial charge is 0.298 e. The molecule has 0 radical (unpaired) electrons. The molecule has 1 amide bonds. The Hall–Kier alpha value is -3.08. The van der Waals surface area contributed by atoms with E-state index in [-0.39, 0.29) is 23.6 Å². The predicted molar refractivity (Wildman–Crippen MR) is 98.1 cm³/mol. The quantitative estimate of drug-likeness (QED) is 0.715. The Bertz CT molecular complexity index is 910. The van der Waals surface area contributed by atoms with Crippen LogP contribution < -0.4 is 4.90 Å². The molecule has 1 saturated carbocycles. The number of benzene rings is 2. The van der Waals surface area contributed by atoms with E-state index in [0.717, 1.165) is 23.2 Å². The third-order valence-electron chi connectivity index (χ3n) is 4.80. The number of halogens is 1. The van der Waals surface area contributed by atoms with Gasteiger partial charge in [0, 0.05) is 18.5 Å². The fourth-order valence-corrected chi connectivity index (χ4v) is 3.17. The van der Waals surface area contributed by atoms with Crippen molar-refractivity contribution in [1.29, 1.82) is 0 Å². The number of carbonyl (C=O) groups is 1. The Morgan fingerprint density at radius 2 is 1.73 bits per heavy atom. The van der Waals surface area contributed by atoms with Gasteiger partial charge < -0.3 is 0 Å². The number of hydrogen-bond donors (Lipinski definition) is 0. The maximum absolute atomic E-state index is 13.0. The molecule has 5 heteroatoms. The summed E-state index contributed by atoms with van der Waals surface area (Å²) in [6.07, 6.45) is 0.782. The molecule has 1 aliphatic rings. The Morgan fingerprint density at radius 1 is 1.00 bits per heavy atom. The predicted octanol–water partition coefficient (Wildman–Crippen LogP) is 4.05. The van der Waals surface area contributed by atoms with Crippen molar-refractivity contribution in [3.05, 3.63) is 78.1 Å². The van der Waals surface area contributed by atoms with E-state index >= 15 is 0 Å². The molecule has 26 heavy (non-hydrogen) atoms. The van der Waals surface area contributed by atoms with Gasteiger partial charge >= 0.3 is 0 Å². The topological polar surface area (TPSA) is 46.1 Å². The third-order valence-corrected chi connectivity index (χ3v) is 4.80. The van der Waals surface area contributed by atoms with Crippen LogP contribution in [0.4, 0.5) is 10.2 Å². The van der Waals surface area contributed by atoms with Crippen molar-refractivity contribution in [3.8, 4) is 11.3 Å². The normalized spacial score (nSPS) is 18.4. The average Bonchev–Trinajstić information content (AvgIpc) is 3.49. The molecule has 4 rings (SSSR count). The van der Waals surface area contributed by atoms with E-state index in [1.54, 1.807) is 24.1 Å². The molecule has 2 aromatic carbocycles. The van der Waals surface area contributed by atoms with Gasteiger partial charge in [0.2, 0.25) is 5.91 Å². The van der Waals surface area contributed by atoms with E-state index in [1.165, 1.54) is 12.1 Å². The summed E-state index contributed by atoms with van der Waals surface area (Å²) < 4.78 is 13.0. The Kier molecular flexibility index (Phi) is 4.21. The zero-order valence-corrected chi connectivity index (χ0v) is 14.3. The number of anilines is 1. The highest BCUT2D eigenvalue weighted by Crippen LogP contribution is 2.48. The highest BCUT2D eigenvalue weighted by atomic mass is 19.1. The maximum Gasteiger partial charge on any atom is 0.231 e. The molecule has 130 valence electrons. The van der Waals surface area contributed by atoms with Gasteiger partial charge in [-0.1, -0.05) is 42.5 Å². The monoisotopic (exact) mass is 347 g/mol. The molecule has 2 atom stereocenters. The second-order valence-electron chi connectivity index (χ2n) is 6.54. The first kappa shape index (κ1) is 16.4. The molecular formula is C21H18FN3O. The number of aromatic nitrogens is 2. The van der Waals surface area contributed by atoms with Crippen LogP contribution in [-0.4, -0.2) is 23.2 Å². The molecule has 0 bridgehead atoms. The second kappa shape index (κ2) is 6.67. The Balaban J connectivity index is 1.45. The third kappa shape index (κ3) is 3.20. The zero-order valence-electron chi connectivity index (χ0n) is 14.3. The van der Waals surface area contributed by atoms with Gasteiger partial charge in [0.15, 0.2) is 5.82 Å². The van der Waals surface area contributed by atoms with Crippen LogP contribution in [0.1, 0.15) is 17.9 Å². The summed E-state index contributed by atoms with van der Waals surface area (Å²) in [5, 5.41) is 8.43. The minimum Gasteiger partial charge on any atom is -0.298 e. The minimum atomic E-state index is -0.261. The number of rotatable bonds is 4. The molecule has 4 nitrogen and oxygen atoms in total. The van der Waals surface area contributed by atoms with E-state index in [4.69, 9.17) is 0 Å². The van der Waals surface area contributed by atoms with Crippen molar-refractivity contribution in [3.63, 3.8) is 0 Å². The molecule has 3 aromatic rings. The van der Waals surface area contributed by atoms with Crippen LogP contribution in [0, 0.1) is 11.7 Å². The SMILES string of the molecule is CN(C(=O)[C@H]1C[C@H]1c1ccc(F)cc1)c1ccc(-c2ccccc2)nn1. The molecule has 1 aliphatic carbocycles. The molecular weight excluding hydrogens is 329 g/mol. The van der Waals surface area contributed by atoms with Gasteiger partial charge in [0.25, 0.3) is 0 Å². The van der Waals surface area contributed by atoms with Gasteiger partial charge in [-0.3, -0.25) is 9.69 Å². The number of nitrogens with zero attached hydrogens (tertiary/aromatic N) is 3. The molecule has 0 N–H and O–H groups in total.